The maximum Gasteiger partial charge on any atom is 0.415 e. The van der Waals surface area contributed by atoms with Crippen LogP contribution < -0.4 is 4.90 Å². The number of fused-ring (bicyclic) bond motifs is 3. The average Bonchev–Trinajstić information content (AvgIpc) is 3.18. The lowest BCUT2D eigenvalue weighted by atomic mass is 9.78. The van der Waals surface area contributed by atoms with Crippen LogP contribution in [0.15, 0.2) is 36.1 Å². The van der Waals surface area contributed by atoms with E-state index in [0.29, 0.717) is 16.6 Å². The highest BCUT2D eigenvalue weighted by molar-refractivity contribution is 6.77. The SMILES string of the molecule is CCC[C@]12C=C(O[Si](C(C)C)(C(C)C)C(C)C)C[C@@H](C)[C@@]13[C@@H]2c1ccccc1N3C(=O)OC(C)(C)C. The number of hydrogen-bond donors (Lipinski definition) is 0. The Labute approximate surface area is 221 Å². The first-order chi connectivity index (χ1) is 16.7. The summed E-state index contributed by atoms with van der Waals surface area (Å²) in [6.07, 6.45) is 5.26. The molecule has 1 fully saturated rings. The molecule has 3 aliphatic rings. The second-order valence-corrected chi connectivity index (χ2v) is 18.9. The van der Waals surface area contributed by atoms with Crippen LogP contribution in [0.3, 0.4) is 0 Å². The number of anilines is 1. The maximum absolute atomic E-state index is 13.8. The maximum atomic E-state index is 13.8. The van der Waals surface area contributed by atoms with Crippen LogP contribution in [0.4, 0.5) is 10.5 Å². The zero-order valence-corrected chi connectivity index (χ0v) is 25.6. The number of para-hydroxylation sites is 1. The molecule has 1 aliphatic heterocycles. The van der Waals surface area contributed by atoms with Gasteiger partial charge in [0.15, 0.2) is 0 Å². The second kappa shape index (κ2) is 8.92. The molecule has 1 spiro atoms. The van der Waals surface area contributed by atoms with Crippen molar-refractivity contribution >= 4 is 20.1 Å². The van der Waals surface area contributed by atoms with Gasteiger partial charge in [0.05, 0.1) is 17.0 Å². The standard InChI is InChI=1S/C31H49NO3Si/c1-12-17-30-19-24(35-36(20(2)3,21(4)5)22(6)7)18-23(8)31(30)27(30)25-15-13-14-16-26(25)32(31)28(33)34-29(9,10)11/h13-16,19-23,27H,12,17-18H2,1-11H3/t23-,27-,30-,31-/m1/s1. The van der Waals surface area contributed by atoms with E-state index in [0.717, 1.165) is 24.9 Å². The summed E-state index contributed by atoms with van der Waals surface area (Å²) in [5, 5.41) is 0. The van der Waals surface area contributed by atoms with Crippen LogP contribution in [-0.4, -0.2) is 25.6 Å². The van der Waals surface area contributed by atoms with E-state index in [1.165, 1.54) is 11.3 Å². The topological polar surface area (TPSA) is 38.8 Å². The molecule has 0 unspecified atom stereocenters. The average molecular weight is 512 g/mol. The largest absolute Gasteiger partial charge is 0.546 e. The lowest BCUT2D eigenvalue weighted by Crippen LogP contribution is -2.53. The molecule has 200 valence electrons. The number of rotatable bonds is 7. The molecule has 0 saturated heterocycles. The lowest BCUT2D eigenvalue weighted by molar-refractivity contribution is 0.0532. The van der Waals surface area contributed by atoms with Gasteiger partial charge in [0.2, 0.25) is 0 Å². The molecule has 0 bridgehead atoms. The highest BCUT2D eigenvalue weighted by Gasteiger charge is 2.85. The van der Waals surface area contributed by atoms with Gasteiger partial charge in [-0.3, -0.25) is 4.90 Å². The summed E-state index contributed by atoms with van der Waals surface area (Å²) in [6, 6.07) is 8.51. The molecule has 1 heterocycles. The third kappa shape index (κ3) is 3.62. The normalized spacial score (nSPS) is 29.2. The van der Waals surface area contributed by atoms with E-state index in [2.05, 4.69) is 84.6 Å². The van der Waals surface area contributed by atoms with E-state index in [1.54, 1.807) is 0 Å². The van der Waals surface area contributed by atoms with Crippen LogP contribution in [0.1, 0.15) is 107 Å². The summed E-state index contributed by atoms with van der Waals surface area (Å²) in [6.45, 7) is 24.6. The first kappa shape index (κ1) is 27.3. The monoisotopic (exact) mass is 511 g/mol. The number of ether oxygens (including phenoxy) is 1. The molecule has 36 heavy (non-hydrogen) atoms. The predicted molar refractivity (Wildman–Crippen MR) is 152 cm³/mol. The molecule has 4 nitrogen and oxygen atoms in total. The van der Waals surface area contributed by atoms with Gasteiger partial charge in [0, 0.05) is 17.8 Å². The molecule has 0 radical (unpaired) electrons. The summed E-state index contributed by atoms with van der Waals surface area (Å²) in [5.74, 6) is 1.74. The van der Waals surface area contributed by atoms with Crippen molar-refractivity contribution in [1.82, 2.24) is 0 Å². The number of amides is 1. The first-order valence-corrected chi connectivity index (χ1v) is 16.4. The van der Waals surface area contributed by atoms with Crippen molar-refractivity contribution in [3.8, 4) is 0 Å². The van der Waals surface area contributed by atoms with E-state index >= 15 is 0 Å². The molecular weight excluding hydrogens is 462 g/mol. The number of hydrogen-bond acceptors (Lipinski definition) is 3. The molecule has 4 atom stereocenters. The number of benzene rings is 1. The Bertz CT molecular complexity index is 1020. The molecule has 1 amide bonds. The van der Waals surface area contributed by atoms with E-state index in [-0.39, 0.29) is 28.9 Å². The van der Waals surface area contributed by atoms with Crippen molar-refractivity contribution in [2.75, 3.05) is 4.90 Å². The summed E-state index contributed by atoms with van der Waals surface area (Å²) >= 11 is 0. The van der Waals surface area contributed by atoms with Crippen molar-refractivity contribution in [3.63, 3.8) is 0 Å². The number of carbonyl (C=O) groups excluding carboxylic acids is 1. The Kier molecular flexibility index (Phi) is 6.76. The van der Waals surface area contributed by atoms with E-state index in [4.69, 9.17) is 9.16 Å². The Morgan fingerprint density at radius 3 is 2.19 bits per heavy atom. The molecule has 4 rings (SSSR count). The zero-order valence-electron chi connectivity index (χ0n) is 24.6. The molecule has 1 saturated carbocycles. The lowest BCUT2D eigenvalue weighted by Gasteiger charge is -2.46. The van der Waals surface area contributed by atoms with Gasteiger partial charge in [-0.25, -0.2) is 4.79 Å². The summed E-state index contributed by atoms with van der Waals surface area (Å²) in [7, 11) is -2.07. The quantitative estimate of drug-likeness (QED) is 0.342. The molecular formula is C31H49NO3Si. The summed E-state index contributed by atoms with van der Waals surface area (Å²) in [5.41, 5.74) is 3.00. The van der Waals surface area contributed by atoms with Gasteiger partial charge in [0.25, 0.3) is 8.32 Å². The zero-order chi connectivity index (χ0) is 26.8. The number of carbonyl (C=O) groups is 1. The number of allylic oxidation sites excluding steroid dienone is 1. The minimum atomic E-state index is -2.07. The fourth-order valence-electron chi connectivity index (χ4n) is 8.56. The van der Waals surface area contributed by atoms with Crippen LogP contribution in [0.25, 0.3) is 0 Å². The fraction of sp³-hybridized carbons (Fsp3) is 0.710. The third-order valence-electron chi connectivity index (χ3n) is 9.41. The Hall–Kier alpha value is -1.75. The predicted octanol–water partition coefficient (Wildman–Crippen LogP) is 9.18. The van der Waals surface area contributed by atoms with Gasteiger partial charge < -0.3 is 9.16 Å². The Balaban J connectivity index is 1.85. The second-order valence-electron chi connectivity index (χ2n) is 13.6. The van der Waals surface area contributed by atoms with Gasteiger partial charge in [-0.1, -0.05) is 80.0 Å². The highest BCUT2D eigenvalue weighted by Crippen LogP contribution is 2.83. The molecule has 0 aromatic heterocycles. The van der Waals surface area contributed by atoms with E-state index < -0.39 is 13.9 Å². The Morgan fingerprint density at radius 1 is 1.08 bits per heavy atom. The third-order valence-corrected chi connectivity index (χ3v) is 15.4. The van der Waals surface area contributed by atoms with Crippen molar-refractivity contribution < 1.29 is 14.0 Å². The summed E-state index contributed by atoms with van der Waals surface area (Å²) < 4.78 is 13.3. The molecule has 2 aliphatic carbocycles. The minimum Gasteiger partial charge on any atom is -0.546 e. The summed E-state index contributed by atoms with van der Waals surface area (Å²) in [4.78, 5) is 15.9. The van der Waals surface area contributed by atoms with Crippen LogP contribution in [0, 0.1) is 11.3 Å². The van der Waals surface area contributed by atoms with Gasteiger partial charge in [-0.2, -0.15) is 0 Å². The van der Waals surface area contributed by atoms with Crippen molar-refractivity contribution in [2.24, 2.45) is 11.3 Å². The molecule has 5 heteroatoms. The molecule has 0 N–H and O–H groups in total. The Morgan fingerprint density at radius 2 is 1.67 bits per heavy atom. The van der Waals surface area contributed by atoms with Gasteiger partial charge in [0.1, 0.15) is 5.60 Å². The fourth-order valence-corrected chi connectivity index (χ4v) is 13.9. The molecule has 1 aromatic rings. The van der Waals surface area contributed by atoms with Crippen molar-refractivity contribution in [2.45, 2.75) is 129 Å². The molecule has 1 aromatic carbocycles. The van der Waals surface area contributed by atoms with Crippen LogP contribution in [0.2, 0.25) is 16.6 Å². The highest BCUT2D eigenvalue weighted by atomic mass is 28.4. The van der Waals surface area contributed by atoms with E-state index in [9.17, 15) is 4.79 Å². The van der Waals surface area contributed by atoms with Crippen molar-refractivity contribution in [1.29, 1.82) is 0 Å². The first-order valence-electron chi connectivity index (χ1n) is 14.2. The van der Waals surface area contributed by atoms with Gasteiger partial charge >= 0.3 is 6.09 Å². The van der Waals surface area contributed by atoms with Gasteiger partial charge in [-0.05, 0) is 67.4 Å². The van der Waals surface area contributed by atoms with Crippen molar-refractivity contribution in [3.05, 3.63) is 41.7 Å². The van der Waals surface area contributed by atoms with Gasteiger partial charge in [-0.15, -0.1) is 0 Å². The van der Waals surface area contributed by atoms with Crippen LogP contribution in [0.5, 0.6) is 0 Å². The minimum absolute atomic E-state index is 0.106. The number of nitrogens with zero attached hydrogens (tertiary/aromatic N) is 1. The van der Waals surface area contributed by atoms with Crippen LogP contribution >= 0.6 is 0 Å². The van der Waals surface area contributed by atoms with E-state index in [1.807, 2.05) is 26.8 Å². The van der Waals surface area contributed by atoms with Crippen LogP contribution in [-0.2, 0) is 9.16 Å². The smallest absolute Gasteiger partial charge is 0.415 e.